The molecule has 0 amide bonds. The van der Waals surface area contributed by atoms with Crippen molar-refractivity contribution in [2.75, 3.05) is 13.1 Å². The van der Waals surface area contributed by atoms with Crippen molar-refractivity contribution in [3.8, 4) is 0 Å². The second-order valence-electron chi connectivity index (χ2n) is 7.63. The number of benzene rings is 3. The highest BCUT2D eigenvalue weighted by Crippen LogP contribution is 2.29. The van der Waals surface area contributed by atoms with Crippen molar-refractivity contribution in [2.24, 2.45) is 0 Å². The number of hydrogen-bond acceptors (Lipinski definition) is 2. The summed E-state index contributed by atoms with van der Waals surface area (Å²) in [5, 5.41) is 2.11. The van der Waals surface area contributed by atoms with Crippen LogP contribution in [-0.2, 0) is 11.3 Å². The van der Waals surface area contributed by atoms with E-state index in [1.807, 2.05) is 42.5 Å². The lowest BCUT2D eigenvalue weighted by Crippen LogP contribution is -2.37. The van der Waals surface area contributed by atoms with E-state index in [1.165, 1.54) is 5.56 Å². The molecule has 4 rings (SSSR count). The van der Waals surface area contributed by atoms with Gasteiger partial charge in [-0.1, -0.05) is 88.9 Å². The van der Waals surface area contributed by atoms with Crippen LogP contribution in [-0.4, -0.2) is 23.8 Å². The smallest absolute Gasteiger partial charge is 0.187 e. The molecule has 162 valence electrons. The summed E-state index contributed by atoms with van der Waals surface area (Å²) in [6, 6.07) is 20.7. The predicted octanol–water partition coefficient (Wildman–Crippen LogP) is 7.85. The van der Waals surface area contributed by atoms with Crippen LogP contribution in [0.2, 0.25) is 20.1 Å². The number of nitrogens with zero attached hydrogens (tertiary/aromatic N) is 1. The second-order valence-corrected chi connectivity index (χ2v) is 9.32. The van der Waals surface area contributed by atoms with Crippen molar-refractivity contribution in [2.45, 2.75) is 6.54 Å². The fraction of sp³-hybridized carbons (Fsp3) is 0.115. The Labute approximate surface area is 207 Å². The third-order valence-electron chi connectivity index (χ3n) is 5.20. The van der Waals surface area contributed by atoms with Crippen LogP contribution in [0.1, 0.15) is 16.7 Å². The number of hydrogen-bond donors (Lipinski definition) is 0. The van der Waals surface area contributed by atoms with Gasteiger partial charge in [-0.15, -0.1) is 0 Å². The Kier molecular flexibility index (Phi) is 7.40. The lowest BCUT2D eigenvalue weighted by Gasteiger charge is -2.30. The van der Waals surface area contributed by atoms with Crippen molar-refractivity contribution in [1.82, 2.24) is 4.90 Å². The first kappa shape index (κ1) is 23.1. The normalized spacial score (nSPS) is 17.3. The van der Waals surface area contributed by atoms with E-state index in [1.54, 1.807) is 24.3 Å². The molecule has 1 saturated heterocycles. The molecule has 0 N–H and O–H groups in total. The van der Waals surface area contributed by atoms with Crippen molar-refractivity contribution in [3.05, 3.63) is 115 Å². The Balaban J connectivity index is 1.72. The van der Waals surface area contributed by atoms with Crippen molar-refractivity contribution in [3.63, 3.8) is 0 Å². The van der Waals surface area contributed by atoms with Gasteiger partial charge in [0.25, 0.3) is 0 Å². The van der Waals surface area contributed by atoms with Crippen LogP contribution in [0.3, 0.4) is 0 Å². The zero-order valence-electron chi connectivity index (χ0n) is 17.0. The van der Waals surface area contributed by atoms with E-state index in [2.05, 4.69) is 17.0 Å². The third kappa shape index (κ3) is 5.64. The van der Waals surface area contributed by atoms with Crippen molar-refractivity contribution < 1.29 is 4.79 Å². The number of halogens is 4. The van der Waals surface area contributed by atoms with E-state index >= 15 is 0 Å². The van der Waals surface area contributed by atoms with Gasteiger partial charge in [-0.05, 0) is 53.1 Å². The summed E-state index contributed by atoms with van der Waals surface area (Å²) in [6.07, 6.45) is 3.69. The summed E-state index contributed by atoms with van der Waals surface area (Å²) in [6.45, 7) is 1.74. The van der Waals surface area contributed by atoms with E-state index in [0.29, 0.717) is 50.9 Å². The molecule has 6 heteroatoms. The van der Waals surface area contributed by atoms with E-state index in [4.69, 9.17) is 46.4 Å². The maximum absolute atomic E-state index is 13.4. The van der Waals surface area contributed by atoms with Gasteiger partial charge >= 0.3 is 0 Å². The lowest BCUT2D eigenvalue weighted by atomic mass is 9.94. The highest BCUT2D eigenvalue weighted by atomic mass is 35.5. The van der Waals surface area contributed by atoms with Crippen LogP contribution in [0.25, 0.3) is 12.2 Å². The Morgan fingerprint density at radius 1 is 0.719 bits per heavy atom. The van der Waals surface area contributed by atoms with E-state index < -0.39 is 0 Å². The molecule has 0 aliphatic carbocycles. The summed E-state index contributed by atoms with van der Waals surface area (Å²) in [7, 11) is 0. The molecule has 3 aromatic carbocycles. The molecular formula is C26H19Cl4NO. The molecule has 3 aromatic rings. The van der Waals surface area contributed by atoms with Gasteiger partial charge in [0.1, 0.15) is 0 Å². The van der Waals surface area contributed by atoms with Gasteiger partial charge in [0.2, 0.25) is 0 Å². The molecule has 1 aliphatic heterocycles. The average molecular weight is 503 g/mol. The number of likely N-dealkylation sites (tertiary alicyclic amines) is 1. The summed E-state index contributed by atoms with van der Waals surface area (Å²) < 4.78 is 0. The van der Waals surface area contributed by atoms with E-state index in [9.17, 15) is 4.79 Å². The molecule has 0 saturated carbocycles. The topological polar surface area (TPSA) is 20.3 Å². The molecule has 0 spiro atoms. The van der Waals surface area contributed by atoms with Crippen LogP contribution in [0.4, 0.5) is 0 Å². The molecule has 0 radical (unpaired) electrons. The first-order chi connectivity index (χ1) is 15.4. The SMILES string of the molecule is O=C1/C(=C/c2ccc(Cl)cc2Cl)CN(Cc2ccccc2)C/C1=C\c1ccc(Cl)cc1Cl. The molecule has 32 heavy (non-hydrogen) atoms. The second kappa shape index (κ2) is 10.2. The lowest BCUT2D eigenvalue weighted by molar-refractivity contribution is -0.113. The number of Topliss-reactive ketones (excluding diaryl/α,β-unsaturated/α-hetero) is 1. The zero-order valence-corrected chi connectivity index (χ0v) is 20.0. The molecule has 2 nitrogen and oxygen atoms in total. The molecule has 0 atom stereocenters. The standard InChI is InChI=1S/C26H19Cl4NO/c27-22-8-6-18(24(29)12-22)10-20-15-31(14-17-4-2-1-3-5-17)16-21(26(20)32)11-19-7-9-23(28)13-25(19)30/h1-13H,14-16H2/b20-10+,21-11+. The minimum Gasteiger partial charge on any atom is -0.290 e. The molecule has 0 unspecified atom stereocenters. The quantitative estimate of drug-likeness (QED) is 0.338. The Hall–Kier alpha value is -2.07. The van der Waals surface area contributed by atoms with Crippen LogP contribution in [0.15, 0.2) is 77.9 Å². The van der Waals surface area contributed by atoms with Gasteiger partial charge in [-0.25, -0.2) is 0 Å². The number of ketones is 1. The van der Waals surface area contributed by atoms with Crippen LogP contribution < -0.4 is 0 Å². The number of carbonyl (C=O) groups is 1. The van der Waals surface area contributed by atoms with E-state index in [-0.39, 0.29) is 5.78 Å². The van der Waals surface area contributed by atoms with Gasteiger partial charge in [-0.2, -0.15) is 0 Å². The fourth-order valence-corrected chi connectivity index (χ4v) is 4.60. The summed E-state index contributed by atoms with van der Waals surface area (Å²) in [5.41, 5.74) is 4.00. The Morgan fingerprint density at radius 3 is 1.69 bits per heavy atom. The minimum atomic E-state index is -0.0219. The molecule has 1 fully saturated rings. The molecule has 0 aromatic heterocycles. The molecule has 0 bridgehead atoms. The van der Waals surface area contributed by atoms with Gasteiger partial charge in [0.15, 0.2) is 5.78 Å². The first-order valence-corrected chi connectivity index (χ1v) is 11.5. The highest BCUT2D eigenvalue weighted by Gasteiger charge is 2.26. The summed E-state index contributed by atoms with van der Waals surface area (Å²) in [5.74, 6) is -0.0219. The molecule has 1 heterocycles. The molecular weight excluding hydrogens is 484 g/mol. The monoisotopic (exact) mass is 501 g/mol. The van der Waals surface area contributed by atoms with E-state index in [0.717, 1.165) is 11.1 Å². The maximum atomic E-state index is 13.4. The third-order valence-corrected chi connectivity index (χ3v) is 6.33. The highest BCUT2D eigenvalue weighted by molar-refractivity contribution is 6.36. The van der Waals surface area contributed by atoms with Crippen molar-refractivity contribution >= 4 is 64.3 Å². The summed E-state index contributed by atoms with van der Waals surface area (Å²) in [4.78, 5) is 15.6. The number of piperidine rings is 1. The van der Waals surface area contributed by atoms with Crippen LogP contribution in [0, 0.1) is 0 Å². The fourth-order valence-electron chi connectivity index (χ4n) is 3.68. The van der Waals surface area contributed by atoms with Crippen LogP contribution in [0.5, 0.6) is 0 Å². The zero-order chi connectivity index (χ0) is 22.7. The Bertz CT molecular complexity index is 1140. The number of rotatable bonds is 4. The van der Waals surface area contributed by atoms with Gasteiger partial charge in [0, 0.05) is 50.9 Å². The van der Waals surface area contributed by atoms with Crippen LogP contribution >= 0.6 is 46.4 Å². The van der Waals surface area contributed by atoms with Crippen molar-refractivity contribution in [1.29, 1.82) is 0 Å². The number of carbonyl (C=O) groups excluding carboxylic acids is 1. The average Bonchev–Trinajstić information content (AvgIpc) is 2.76. The summed E-state index contributed by atoms with van der Waals surface area (Å²) >= 11 is 24.8. The largest absolute Gasteiger partial charge is 0.290 e. The molecule has 1 aliphatic rings. The minimum absolute atomic E-state index is 0.0219. The maximum Gasteiger partial charge on any atom is 0.187 e. The predicted molar refractivity (Wildman–Crippen MR) is 136 cm³/mol. The van der Waals surface area contributed by atoms with Gasteiger partial charge in [-0.3, -0.25) is 9.69 Å². The first-order valence-electron chi connectivity index (χ1n) is 10.0. The van der Waals surface area contributed by atoms with Gasteiger partial charge < -0.3 is 0 Å². The van der Waals surface area contributed by atoms with Gasteiger partial charge in [0.05, 0.1) is 0 Å². The Morgan fingerprint density at radius 2 is 1.22 bits per heavy atom.